The second-order valence-corrected chi connectivity index (χ2v) is 5.24. The SMILES string of the molecule is CC(C)COCCCn1cnc2cccc(C(=O)O)c21. The molecule has 0 spiro atoms. The number of rotatable bonds is 7. The maximum Gasteiger partial charge on any atom is 0.337 e. The molecule has 0 saturated heterocycles. The number of benzene rings is 1. The first-order chi connectivity index (χ1) is 9.59. The highest BCUT2D eigenvalue weighted by molar-refractivity contribution is 6.01. The summed E-state index contributed by atoms with van der Waals surface area (Å²) in [4.78, 5) is 15.5. The molecule has 108 valence electrons. The van der Waals surface area contributed by atoms with Crippen molar-refractivity contribution < 1.29 is 14.6 Å². The lowest BCUT2D eigenvalue weighted by molar-refractivity contribution is 0.0698. The number of carboxylic acids is 1. The van der Waals surface area contributed by atoms with Gasteiger partial charge in [0.1, 0.15) is 0 Å². The third kappa shape index (κ3) is 3.36. The van der Waals surface area contributed by atoms with Crippen molar-refractivity contribution in [1.82, 2.24) is 9.55 Å². The molecular weight excluding hydrogens is 256 g/mol. The molecule has 5 nitrogen and oxygen atoms in total. The Morgan fingerprint density at radius 1 is 1.45 bits per heavy atom. The summed E-state index contributed by atoms with van der Waals surface area (Å²) in [7, 11) is 0. The van der Waals surface area contributed by atoms with Crippen LogP contribution in [0.3, 0.4) is 0 Å². The van der Waals surface area contributed by atoms with Crippen molar-refractivity contribution in [3.63, 3.8) is 0 Å². The predicted molar refractivity (Wildman–Crippen MR) is 77.0 cm³/mol. The van der Waals surface area contributed by atoms with Crippen LogP contribution in [0.1, 0.15) is 30.6 Å². The number of nitrogens with zero attached hydrogens (tertiary/aromatic N) is 2. The Bertz CT molecular complexity index is 590. The molecule has 5 heteroatoms. The molecule has 0 radical (unpaired) electrons. The standard InChI is InChI=1S/C15H20N2O3/c1-11(2)9-20-8-4-7-17-10-16-13-6-3-5-12(14(13)17)15(18)19/h3,5-6,10-11H,4,7-9H2,1-2H3,(H,18,19). The Balaban J connectivity index is 2.05. The molecule has 0 amide bonds. The van der Waals surface area contributed by atoms with Crippen LogP contribution >= 0.6 is 0 Å². The van der Waals surface area contributed by atoms with Crippen molar-refractivity contribution >= 4 is 17.0 Å². The van der Waals surface area contributed by atoms with Crippen molar-refractivity contribution in [3.8, 4) is 0 Å². The first kappa shape index (κ1) is 14.5. The van der Waals surface area contributed by atoms with Crippen LogP contribution in [0.15, 0.2) is 24.5 Å². The molecule has 1 N–H and O–H groups in total. The summed E-state index contributed by atoms with van der Waals surface area (Å²) in [5.41, 5.74) is 1.69. The van der Waals surface area contributed by atoms with E-state index in [9.17, 15) is 9.90 Å². The smallest absolute Gasteiger partial charge is 0.337 e. The number of ether oxygens (including phenoxy) is 1. The van der Waals surface area contributed by atoms with E-state index in [1.54, 1.807) is 18.5 Å². The van der Waals surface area contributed by atoms with Crippen molar-refractivity contribution in [1.29, 1.82) is 0 Å². The fourth-order valence-electron chi connectivity index (χ4n) is 2.13. The zero-order valence-electron chi connectivity index (χ0n) is 11.9. The number of aryl methyl sites for hydroxylation is 1. The molecule has 0 bridgehead atoms. The quantitative estimate of drug-likeness (QED) is 0.790. The van der Waals surface area contributed by atoms with Crippen LogP contribution in [0.2, 0.25) is 0 Å². The van der Waals surface area contributed by atoms with Crippen LogP contribution in [-0.2, 0) is 11.3 Å². The highest BCUT2D eigenvalue weighted by atomic mass is 16.5. The monoisotopic (exact) mass is 276 g/mol. The molecule has 0 saturated carbocycles. The van der Waals surface area contributed by atoms with E-state index in [-0.39, 0.29) is 0 Å². The summed E-state index contributed by atoms with van der Waals surface area (Å²) >= 11 is 0. The first-order valence-electron chi connectivity index (χ1n) is 6.84. The molecule has 0 unspecified atom stereocenters. The van der Waals surface area contributed by atoms with E-state index in [0.717, 1.165) is 13.0 Å². The molecule has 0 fully saturated rings. The summed E-state index contributed by atoms with van der Waals surface area (Å²) in [6.07, 6.45) is 2.53. The summed E-state index contributed by atoms with van der Waals surface area (Å²) in [5, 5.41) is 9.23. The molecule has 0 aliphatic heterocycles. The third-order valence-corrected chi connectivity index (χ3v) is 3.01. The zero-order chi connectivity index (χ0) is 14.5. The number of carbonyl (C=O) groups is 1. The Morgan fingerprint density at radius 3 is 2.95 bits per heavy atom. The van der Waals surface area contributed by atoms with E-state index in [0.29, 0.717) is 35.7 Å². The average Bonchev–Trinajstić information content (AvgIpc) is 2.81. The molecule has 2 rings (SSSR count). The third-order valence-electron chi connectivity index (χ3n) is 3.01. The normalized spacial score (nSPS) is 11.3. The van der Waals surface area contributed by atoms with Crippen molar-refractivity contribution in [2.75, 3.05) is 13.2 Å². The molecule has 1 aromatic heterocycles. The van der Waals surface area contributed by atoms with Crippen LogP contribution < -0.4 is 0 Å². The van der Waals surface area contributed by atoms with Gasteiger partial charge in [-0.3, -0.25) is 0 Å². The summed E-state index contributed by atoms with van der Waals surface area (Å²) in [5.74, 6) is -0.393. The number of fused-ring (bicyclic) bond motifs is 1. The fourth-order valence-corrected chi connectivity index (χ4v) is 2.13. The van der Waals surface area contributed by atoms with Gasteiger partial charge < -0.3 is 14.4 Å². The molecular formula is C15H20N2O3. The van der Waals surface area contributed by atoms with Gasteiger partial charge in [0.25, 0.3) is 0 Å². The van der Waals surface area contributed by atoms with Crippen LogP contribution in [0, 0.1) is 5.92 Å². The lowest BCUT2D eigenvalue weighted by Gasteiger charge is -2.08. The predicted octanol–water partition coefficient (Wildman–Crippen LogP) is 2.80. The highest BCUT2D eigenvalue weighted by Crippen LogP contribution is 2.18. The Labute approximate surface area is 118 Å². The number of aromatic carboxylic acids is 1. The van der Waals surface area contributed by atoms with Gasteiger partial charge in [-0.05, 0) is 24.5 Å². The van der Waals surface area contributed by atoms with E-state index in [4.69, 9.17) is 4.74 Å². The maximum atomic E-state index is 11.3. The first-order valence-corrected chi connectivity index (χ1v) is 6.84. The second-order valence-electron chi connectivity index (χ2n) is 5.24. The van der Waals surface area contributed by atoms with E-state index in [1.807, 2.05) is 10.6 Å². The van der Waals surface area contributed by atoms with Crippen LogP contribution in [-0.4, -0.2) is 33.8 Å². The van der Waals surface area contributed by atoms with Gasteiger partial charge >= 0.3 is 5.97 Å². The molecule has 20 heavy (non-hydrogen) atoms. The Kier molecular flexibility index (Phi) is 4.74. The summed E-state index contributed by atoms with van der Waals surface area (Å²) < 4.78 is 7.42. The largest absolute Gasteiger partial charge is 0.478 e. The van der Waals surface area contributed by atoms with Gasteiger partial charge in [-0.2, -0.15) is 0 Å². The number of hydrogen-bond donors (Lipinski definition) is 1. The Morgan fingerprint density at radius 2 is 2.25 bits per heavy atom. The van der Waals surface area contributed by atoms with Crippen LogP contribution in [0.25, 0.3) is 11.0 Å². The van der Waals surface area contributed by atoms with Gasteiger partial charge in [-0.15, -0.1) is 0 Å². The minimum absolute atomic E-state index is 0.295. The van der Waals surface area contributed by atoms with Gasteiger partial charge in [0.15, 0.2) is 0 Å². The van der Waals surface area contributed by atoms with E-state index in [1.165, 1.54) is 0 Å². The number of aromatic nitrogens is 2. The van der Waals surface area contributed by atoms with Gasteiger partial charge in [-0.25, -0.2) is 9.78 Å². The number of para-hydroxylation sites is 1. The highest BCUT2D eigenvalue weighted by Gasteiger charge is 2.12. The summed E-state index contributed by atoms with van der Waals surface area (Å²) in [6.45, 7) is 6.36. The van der Waals surface area contributed by atoms with Crippen LogP contribution in [0.5, 0.6) is 0 Å². The molecule has 0 aliphatic carbocycles. The van der Waals surface area contributed by atoms with Gasteiger partial charge in [-0.1, -0.05) is 19.9 Å². The van der Waals surface area contributed by atoms with Gasteiger partial charge in [0.05, 0.1) is 22.9 Å². The lowest BCUT2D eigenvalue weighted by Crippen LogP contribution is -2.07. The Hall–Kier alpha value is -1.88. The zero-order valence-corrected chi connectivity index (χ0v) is 11.9. The van der Waals surface area contributed by atoms with Crippen molar-refractivity contribution in [3.05, 3.63) is 30.1 Å². The van der Waals surface area contributed by atoms with E-state index >= 15 is 0 Å². The van der Waals surface area contributed by atoms with Gasteiger partial charge in [0.2, 0.25) is 0 Å². The average molecular weight is 276 g/mol. The second kappa shape index (κ2) is 6.52. The van der Waals surface area contributed by atoms with Crippen LogP contribution in [0.4, 0.5) is 0 Å². The molecule has 1 heterocycles. The number of carboxylic acid groups (broad SMARTS) is 1. The van der Waals surface area contributed by atoms with E-state index in [2.05, 4.69) is 18.8 Å². The molecule has 0 aliphatic rings. The number of hydrogen-bond acceptors (Lipinski definition) is 3. The molecule has 1 aromatic carbocycles. The minimum Gasteiger partial charge on any atom is -0.478 e. The maximum absolute atomic E-state index is 11.3. The minimum atomic E-state index is -0.923. The topological polar surface area (TPSA) is 64.4 Å². The van der Waals surface area contributed by atoms with E-state index < -0.39 is 5.97 Å². The number of imidazole rings is 1. The molecule has 0 atom stereocenters. The fraction of sp³-hybridized carbons (Fsp3) is 0.467. The van der Waals surface area contributed by atoms with Gasteiger partial charge in [0, 0.05) is 19.8 Å². The van der Waals surface area contributed by atoms with Crippen molar-refractivity contribution in [2.45, 2.75) is 26.8 Å². The lowest BCUT2D eigenvalue weighted by atomic mass is 10.2. The van der Waals surface area contributed by atoms with Crippen molar-refractivity contribution in [2.24, 2.45) is 5.92 Å². The summed E-state index contributed by atoms with van der Waals surface area (Å²) in [6, 6.07) is 5.15. The molecule has 2 aromatic rings.